The van der Waals surface area contributed by atoms with Crippen LogP contribution in [0.15, 0.2) is 0 Å². The zero-order valence-corrected chi connectivity index (χ0v) is 29.5. The molecule has 0 aromatic carbocycles. The smallest absolute Gasteiger partial charge is 0.408 e. The Labute approximate surface area is 266 Å². The van der Waals surface area contributed by atoms with Gasteiger partial charge in [-0.15, -0.1) is 0 Å². The Morgan fingerprint density at radius 1 is 0.578 bits per heavy atom. The fraction of sp³-hybridized carbons (Fsp3) is 0.800. The van der Waals surface area contributed by atoms with E-state index in [1.54, 1.807) is 90.0 Å². The summed E-state index contributed by atoms with van der Waals surface area (Å²) in [6.45, 7) is 23.0. The van der Waals surface area contributed by atoms with Crippen molar-refractivity contribution in [3.8, 4) is 0 Å². The number of hydrogen-bond donors (Lipinski definition) is 5. The molecule has 0 aliphatic rings. The van der Waals surface area contributed by atoms with Gasteiger partial charge >= 0.3 is 24.2 Å². The summed E-state index contributed by atoms with van der Waals surface area (Å²) in [5.41, 5.74) is -4.92. The van der Waals surface area contributed by atoms with Gasteiger partial charge in [-0.05, 0) is 96.9 Å². The lowest BCUT2D eigenvalue weighted by Gasteiger charge is -2.45. The first-order valence-corrected chi connectivity index (χ1v) is 14.7. The van der Waals surface area contributed by atoms with Crippen molar-refractivity contribution < 1.29 is 47.7 Å². The van der Waals surface area contributed by atoms with Crippen LogP contribution in [0.5, 0.6) is 0 Å². The van der Waals surface area contributed by atoms with E-state index in [2.05, 4.69) is 31.3 Å². The zero-order chi connectivity index (χ0) is 35.8. The number of rotatable bonds is 11. The maximum Gasteiger partial charge on any atom is 0.408 e. The van der Waals surface area contributed by atoms with E-state index >= 15 is 0 Å². The van der Waals surface area contributed by atoms with Crippen LogP contribution in [0.1, 0.15) is 103 Å². The molecule has 0 aliphatic carbocycles. The molecule has 2 atom stereocenters. The molecular formula is C30H55N5O10. The second kappa shape index (κ2) is 15.5. The van der Waals surface area contributed by atoms with Gasteiger partial charge in [0.15, 0.2) is 0 Å². The average molecular weight is 646 g/mol. The van der Waals surface area contributed by atoms with Crippen LogP contribution in [0.25, 0.3) is 0 Å². The fourth-order valence-corrected chi connectivity index (χ4v) is 4.14. The predicted molar refractivity (Wildman–Crippen MR) is 166 cm³/mol. The lowest BCUT2D eigenvalue weighted by atomic mass is 9.80. The first-order chi connectivity index (χ1) is 20.0. The van der Waals surface area contributed by atoms with E-state index in [0.717, 1.165) is 7.11 Å². The summed E-state index contributed by atoms with van der Waals surface area (Å²) in [5, 5.41) is 13.1. The molecule has 0 heterocycles. The van der Waals surface area contributed by atoms with Gasteiger partial charge in [-0.2, -0.15) is 0 Å². The van der Waals surface area contributed by atoms with Crippen molar-refractivity contribution in [3.05, 3.63) is 0 Å². The van der Waals surface area contributed by atoms with E-state index in [-0.39, 0.29) is 0 Å². The molecule has 0 bridgehead atoms. The molecule has 5 amide bonds. The molecule has 15 heteroatoms. The highest BCUT2D eigenvalue weighted by atomic mass is 16.6. The highest BCUT2D eigenvalue weighted by Gasteiger charge is 2.45. The Balaban J connectivity index is 5.99. The number of methoxy groups -OCH3 is 1. The molecule has 0 aromatic rings. The minimum absolute atomic E-state index is 0.551. The average Bonchev–Trinajstić information content (AvgIpc) is 2.76. The van der Waals surface area contributed by atoms with Crippen LogP contribution in [-0.2, 0) is 33.3 Å². The van der Waals surface area contributed by atoms with Crippen LogP contribution in [0.4, 0.5) is 14.4 Å². The number of carbonyl (C=O) groups is 6. The van der Waals surface area contributed by atoms with Gasteiger partial charge in [-0.1, -0.05) is 0 Å². The summed E-state index contributed by atoms with van der Waals surface area (Å²) >= 11 is 0. The Morgan fingerprint density at radius 3 is 1.31 bits per heavy atom. The van der Waals surface area contributed by atoms with Gasteiger partial charge in [-0.25, -0.2) is 19.2 Å². The highest BCUT2D eigenvalue weighted by Crippen LogP contribution is 2.23. The largest absolute Gasteiger partial charge is 0.467 e. The van der Waals surface area contributed by atoms with Crippen LogP contribution >= 0.6 is 0 Å². The van der Waals surface area contributed by atoms with E-state index in [1.165, 1.54) is 6.92 Å². The number of hydrogen-bond acceptors (Lipinski definition) is 10. The first-order valence-electron chi connectivity index (χ1n) is 14.7. The summed E-state index contributed by atoms with van der Waals surface area (Å²) < 4.78 is 20.6. The van der Waals surface area contributed by atoms with Crippen LogP contribution in [0.2, 0.25) is 0 Å². The van der Waals surface area contributed by atoms with Crippen LogP contribution in [0, 0.1) is 0 Å². The van der Waals surface area contributed by atoms with E-state index in [0.29, 0.717) is 0 Å². The van der Waals surface area contributed by atoms with Gasteiger partial charge in [-0.3, -0.25) is 9.59 Å². The molecular weight excluding hydrogens is 590 g/mol. The van der Waals surface area contributed by atoms with Gasteiger partial charge in [0, 0.05) is 0 Å². The van der Waals surface area contributed by atoms with Crippen LogP contribution in [0.3, 0.4) is 0 Å². The highest BCUT2D eigenvalue weighted by molar-refractivity contribution is 5.91. The number of ether oxygens (including phenoxy) is 4. The molecule has 2 unspecified atom stereocenters. The van der Waals surface area contributed by atoms with Gasteiger partial charge in [0.1, 0.15) is 28.9 Å². The quantitative estimate of drug-likeness (QED) is 0.164. The molecule has 5 N–H and O–H groups in total. The lowest BCUT2D eigenvalue weighted by Crippen LogP contribution is -2.72. The van der Waals surface area contributed by atoms with Crippen molar-refractivity contribution >= 4 is 36.1 Å². The molecule has 0 aromatic heterocycles. The number of alkyl carbamates (subject to hydrolysis) is 3. The van der Waals surface area contributed by atoms with Crippen LogP contribution in [-0.4, -0.2) is 89.2 Å². The summed E-state index contributed by atoms with van der Waals surface area (Å²) in [4.78, 5) is 76.2. The van der Waals surface area contributed by atoms with E-state index < -0.39 is 88.5 Å². The van der Waals surface area contributed by atoms with Crippen molar-refractivity contribution in [3.63, 3.8) is 0 Å². The van der Waals surface area contributed by atoms with Gasteiger partial charge in [0.25, 0.3) is 0 Å². The number of amides is 5. The maximum atomic E-state index is 13.4. The van der Waals surface area contributed by atoms with E-state index in [4.69, 9.17) is 14.2 Å². The summed E-state index contributed by atoms with van der Waals surface area (Å²) in [7, 11) is 1.10. The normalized spacial score (nSPS) is 13.9. The predicted octanol–water partition coefficient (Wildman–Crippen LogP) is 3.04. The van der Waals surface area contributed by atoms with Crippen molar-refractivity contribution in [2.45, 2.75) is 149 Å². The summed E-state index contributed by atoms with van der Waals surface area (Å²) in [6.07, 6.45) is -3.00. The minimum Gasteiger partial charge on any atom is -0.467 e. The Morgan fingerprint density at radius 2 is 0.956 bits per heavy atom. The van der Waals surface area contributed by atoms with Crippen molar-refractivity contribution in [1.82, 2.24) is 26.6 Å². The second-order valence-electron chi connectivity index (χ2n) is 14.9. The Kier molecular flexibility index (Phi) is 14.2. The van der Waals surface area contributed by atoms with Gasteiger partial charge in [0.05, 0.1) is 30.7 Å². The van der Waals surface area contributed by atoms with Crippen LogP contribution < -0.4 is 26.6 Å². The molecule has 0 rings (SSSR count). The SMILES string of the molecule is COC(=O)C(CC(=O)NC(C)C(=O)NC(C(C)(C)NC(=O)OC(C)(C)C)C(C)(C)NC(=O)OC(C)(C)C)NC(=O)OC(C)(C)C. The molecule has 260 valence electrons. The maximum absolute atomic E-state index is 13.4. The molecule has 0 spiro atoms. The molecule has 0 saturated carbocycles. The molecule has 0 radical (unpaired) electrons. The zero-order valence-electron chi connectivity index (χ0n) is 29.5. The summed E-state index contributed by atoms with van der Waals surface area (Å²) in [6, 6.07) is -3.54. The molecule has 45 heavy (non-hydrogen) atoms. The number of esters is 1. The Bertz CT molecular complexity index is 1040. The van der Waals surface area contributed by atoms with E-state index in [9.17, 15) is 28.8 Å². The standard InChI is InChI=1S/C30H55N5O10/c1-17(31-19(36)16-18(21(38)42-15)32-23(39)43-26(2,3)4)20(37)33-22(29(11,12)34-24(40)44-27(5,6)7)30(13,14)35-25(41)45-28(8,9)10/h17-18,22H,16H2,1-15H3,(H,31,36)(H,32,39)(H,33,37)(H,34,40)(H,35,41). The summed E-state index contributed by atoms with van der Waals surface area (Å²) in [5.74, 6) is -2.32. The third kappa shape index (κ3) is 16.8. The number of carbonyl (C=O) groups excluding carboxylic acids is 6. The minimum atomic E-state index is -1.39. The molecule has 0 saturated heterocycles. The third-order valence-electron chi connectivity index (χ3n) is 5.71. The fourth-order valence-electron chi connectivity index (χ4n) is 4.14. The lowest BCUT2D eigenvalue weighted by molar-refractivity contribution is -0.145. The topological polar surface area (TPSA) is 199 Å². The monoisotopic (exact) mass is 645 g/mol. The van der Waals surface area contributed by atoms with E-state index in [1.807, 2.05) is 0 Å². The van der Waals surface area contributed by atoms with Gasteiger partial charge in [0.2, 0.25) is 11.8 Å². The molecule has 0 fully saturated rings. The molecule has 0 aliphatic heterocycles. The second-order valence-corrected chi connectivity index (χ2v) is 14.9. The third-order valence-corrected chi connectivity index (χ3v) is 5.71. The Hall–Kier alpha value is -3.78. The van der Waals surface area contributed by atoms with Crippen molar-refractivity contribution in [2.75, 3.05) is 7.11 Å². The molecule has 15 nitrogen and oxygen atoms in total. The van der Waals surface area contributed by atoms with Crippen molar-refractivity contribution in [1.29, 1.82) is 0 Å². The van der Waals surface area contributed by atoms with Crippen molar-refractivity contribution in [2.24, 2.45) is 0 Å². The van der Waals surface area contributed by atoms with Gasteiger partial charge < -0.3 is 45.5 Å². The first kappa shape index (κ1) is 41.2. The number of nitrogens with one attached hydrogen (secondary N) is 5.